The minimum atomic E-state index is -0.0470. The number of aromatic nitrogens is 1. The number of carbonyl (C=O) groups excluding carboxylic acids is 1. The van der Waals surface area contributed by atoms with E-state index in [4.69, 9.17) is 0 Å². The Labute approximate surface area is 124 Å². The summed E-state index contributed by atoms with van der Waals surface area (Å²) < 4.78 is 0. The zero-order chi connectivity index (χ0) is 14.8. The smallest absolute Gasteiger partial charge is 0.252 e. The van der Waals surface area contributed by atoms with E-state index in [1.807, 2.05) is 49.5 Å². The lowest BCUT2D eigenvalue weighted by Gasteiger charge is -2.15. The second-order valence-electron chi connectivity index (χ2n) is 5.35. The maximum absolute atomic E-state index is 12.5. The van der Waals surface area contributed by atoms with Gasteiger partial charge >= 0.3 is 0 Å². The van der Waals surface area contributed by atoms with Crippen LogP contribution in [0.2, 0.25) is 0 Å². The van der Waals surface area contributed by atoms with Crippen LogP contribution in [0.4, 0.5) is 0 Å². The van der Waals surface area contributed by atoms with E-state index >= 15 is 0 Å². The molecule has 0 saturated carbocycles. The highest BCUT2D eigenvalue weighted by atomic mass is 16.1. The number of amides is 1. The van der Waals surface area contributed by atoms with Crippen molar-refractivity contribution in [2.45, 2.75) is 19.9 Å². The highest BCUT2D eigenvalue weighted by molar-refractivity contribution is 6.06. The normalized spacial score (nSPS) is 12.3. The fraction of sp³-hybridized carbons (Fsp3) is 0.167. The Bertz CT molecular complexity index is 789. The van der Waals surface area contributed by atoms with Crippen LogP contribution in [-0.2, 0) is 0 Å². The van der Waals surface area contributed by atoms with E-state index in [0.717, 1.165) is 16.5 Å². The third kappa shape index (κ3) is 2.68. The Morgan fingerprint density at radius 2 is 1.95 bits per heavy atom. The summed E-state index contributed by atoms with van der Waals surface area (Å²) in [6.45, 7) is 4.06. The lowest BCUT2D eigenvalue weighted by atomic mass is 10.0. The summed E-state index contributed by atoms with van der Waals surface area (Å²) in [5.41, 5.74) is 3.99. The summed E-state index contributed by atoms with van der Waals surface area (Å²) in [4.78, 5) is 15.6. The molecule has 0 saturated heterocycles. The first-order valence-electron chi connectivity index (χ1n) is 7.08. The second kappa shape index (κ2) is 5.44. The lowest BCUT2D eigenvalue weighted by Crippen LogP contribution is -2.26. The van der Waals surface area contributed by atoms with Gasteiger partial charge in [-0.3, -0.25) is 4.79 Å². The molecule has 2 aromatic carbocycles. The van der Waals surface area contributed by atoms with E-state index in [1.165, 1.54) is 5.56 Å². The molecular weight excluding hydrogens is 260 g/mol. The van der Waals surface area contributed by atoms with Gasteiger partial charge < -0.3 is 10.3 Å². The Balaban J connectivity index is 1.85. The van der Waals surface area contributed by atoms with Crippen molar-refractivity contribution in [3.05, 3.63) is 71.4 Å². The minimum Gasteiger partial charge on any atom is -0.361 e. The first kappa shape index (κ1) is 13.4. The average Bonchev–Trinajstić information content (AvgIpc) is 2.95. The molecule has 1 amide bonds. The van der Waals surface area contributed by atoms with Crippen molar-refractivity contribution in [1.82, 2.24) is 10.3 Å². The maximum atomic E-state index is 12.5. The number of aryl methyl sites for hydroxylation is 1. The SMILES string of the molecule is Cc1cccc([C@@H](C)NC(=O)c2cccc3[nH]ccc23)c1. The number of hydrogen-bond acceptors (Lipinski definition) is 1. The van der Waals surface area contributed by atoms with Gasteiger partial charge in [0.25, 0.3) is 5.91 Å². The van der Waals surface area contributed by atoms with Gasteiger partial charge in [0.1, 0.15) is 0 Å². The number of carbonyl (C=O) groups is 1. The molecule has 1 atom stereocenters. The van der Waals surface area contributed by atoms with Crippen LogP contribution in [0, 0.1) is 6.92 Å². The number of benzene rings is 2. The van der Waals surface area contributed by atoms with Gasteiger partial charge in [0, 0.05) is 22.7 Å². The van der Waals surface area contributed by atoms with Crippen LogP contribution < -0.4 is 5.32 Å². The summed E-state index contributed by atoms with van der Waals surface area (Å²) in [5.74, 6) is -0.0470. The minimum absolute atomic E-state index is 0.0217. The first-order valence-corrected chi connectivity index (χ1v) is 7.08. The van der Waals surface area contributed by atoms with Crippen molar-refractivity contribution in [3.63, 3.8) is 0 Å². The Hall–Kier alpha value is -2.55. The Morgan fingerprint density at radius 1 is 1.14 bits per heavy atom. The van der Waals surface area contributed by atoms with Crippen LogP contribution in [0.15, 0.2) is 54.7 Å². The Morgan fingerprint density at radius 3 is 2.76 bits per heavy atom. The molecule has 0 aliphatic rings. The number of fused-ring (bicyclic) bond motifs is 1. The molecule has 2 N–H and O–H groups in total. The summed E-state index contributed by atoms with van der Waals surface area (Å²) in [6, 6.07) is 15.8. The predicted molar refractivity (Wildman–Crippen MR) is 85.4 cm³/mol. The molecule has 3 rings (SSSR count). The van der Waals surface area contributed by atoms with E-state index in [1.54, 1.807) is 0 Å². The summed E-state index contributed by atoms with van der Waals surface area (Å²) in [7, 11) is 0. The molecule has 0 bridgehead atoms. The van der Waals surface area contributed by atoms with Gasteiger partial charge in [0.2, 0.25) is 0 Å². The molecule has 106 valence electrons. The molecule has 3 heteroatoms. The molecule has 0 aliphatic heterocycles. The molecule has 0 aliphatic carbocycles. The van der Waals surface area contributed by atoms with Crippen molar-refractivity contribution in [1.29, 1.82) is 0 Å². The Kier molecular flexibility index (Phi) is 3.48. The summed E-state index contributed by atoms with van der Waals surface area (Å²) in [6.07, 6.45) is 1.85. The largest absolute Gasteiger partial charge is 0.361 e. The zero-order valence-corrected chi connectivity index (χ0v) is 12.2. The quantitative estimate of drug-likeness (QED) is 0.748. The van der Waals surface area contributed by atoms with Gasteiger partial charge in [-0.15, -0.1) is 0 Å². The van der Waals surface area contributed by atoms with Crippen molar-refractivity contribution in [2.75, 3.05) is 0 Å². The standard InChI is InChI=1S/C18H18N2O/c1-12-5-3-6-14(11-12)13(2)20-18(21)16-7-4-8-17-15(16)9-10-19-17/h3-11,13,19H,1-2H3,(H,20,21)/t13-/m1/s1. The molecule has 21 heavy (non-hydrogen) atoms. The fourth-order valence-electron chi connectivity index (χ4n) is 2.58. The fourth-order valence-corrected chi connectivity index (χ4v) is 2.58. The van der Waals surface area contributed by atoms with E-state index in [-0.39, 0.29) is 11.9 Å². The number of aromatic amines is 1. The summed E-state index contributed by atoms with van der Waals surface area (Å²) >= 11 is 0. The second-order valence-corrected chi connectivity index (χ2v) is 5.35. The molecule has 3 nitrogen and oxygen atoms in total. The molecular formula is C18H18N2O. The molecule has 0 radical (unpaired) electrons. The van der Waals surface area contributed by atoms with Gasteiger partial charge in [-0.2, -0.15) is 0 Å². The van der Waals surface area contributed by atoms with Gasteiger partial charge in [-0.25, -0.2) is 0 Å². The third-order valence-electron chi connectivity index (χ3n) is 3.73. The maximum Gasteiger partial charge on any atom is 0.252 e. The van der Waals surface area contributed by atoms with E-state index in [9.17, 15) is 4.79 Å². The van der Waals surface area contributed by atoms with E-state index in [0.29, 0.717) is 5.56 Å². The molecule has 3 aromatic rings. The van der Waals surface area contributed by atoms with Crippen LogP contribution in [0.25, 0.3) is 10.9 Å². The van der Waals surface area contributed by atoms with E-state index in [2.05, 4.69) is 29.4 Å². The molecule has 1 aromatic heterocycles. The molecule has 0 fully saturated rings. The highest BCUT2D eigenvalue weighted by Crippen LogP contribution is 2.19. The topological polar surface area (TPSA) is 44.9 Å². The van der Waals surface area contributed by atoms with Gasteiger partial charge in [-0.1, -0.05) is 35.9 Å². The molecule has 1 heterocycles. The van der Waals surface area contributed by atoms with E-state index < -0.39 is 0 Å². The van der Waals surface area contributed by atoms with Crippen molar-refractivity contribution in [2.24, 2.45) is 0 Å². The third-order valence-corrected chi connectivity index (χ3v) is 3.73. The van der Waals surface area contributed by atoms with Crippen molar-refractivity contribution >= 4 is 16.8 Å². The highest BCUT2D eigenvalue weighted by Gasteiger charge is 2.14. The zero-order valence-electron chi connectivity index (χ0n) is 12.2. The monoisotopic (exact) mass is 278 g/mol. The van der Waals surface area contributed by atoms with Gasteiger partial charge in [-0.05, 0) is 37.6 Å². The number of hydrogen-bond donors (Lipinski definition) is 2. The van der Waals surface area contributed by atoms with Crippen LogP contribution in [0.3, 0.4) is 0 Å². The van der Waals surface area contributed by atoms with Gasteiger partial charge in [0.05, 0.1) is 6.04 Å². The van der Waals surface area contributed by atoms with Crippen LogP contribution in [0.5, 0.6) is 0 Å². The number of nitrogens with one attached hydrogen (secondary N) is 2. The molecule has 0 unspecified atom stereocenters. The van der Waals surface area contributed by atoms with Crippen molar-refractivity contribution in [3.8, 4) is 0 Å². The number of rotatable bonds is 3. The van der Waals surface area contributed by atoms with Crippen LogP contribution in [0.1, 0.15) is 34.5 Å². The number of H-pyrrole nitrogens is 1. The average molecular weight is 278 g/mol. The summed E-state index contributed by atoms with van der Waals surface area (Å²) in [5, 5.41) is 4.02. The predicted octanol–water partition coefficient (Wildman–Crippen LogP) is 3.97. The van der Waals surface area contributed by atoms with Gasteiger partial charge in [0.15, 0.2) is 0 Å². The first-order chi connectivity index (χ1) is 10.1. The van der Waals surface area contributed by atoms with Crippen LogP contribution in [-0.4, -0.2) is 10.9 Å². The van der Waals surface area contributed by atoms with Crippen molar-refractivity contribution < 1.29 is 4.79 Å². The lowest BCUT2D eigenvalue weighted by molar-refractivity contribution is 0.0941. The van der Waals surface area contributed by atoms with Crippen LogP contribution >= 0.6 is 0 Å². The molecule has 0 spiro atoms.